The Balaban J connectivity index is 3.27. The van der Waals surface area contributed by atoms with Crippen molar-refractivity contribution in [2.75, 3.05) is 21.3 Å². The first-order valence-electron chi connectivity index (χ1n) is 4.24. The van der Waals surface area contributed by atoms with E-state index in [1.54, 1.807) is 12.1 Å². The van der Waals surface area contributed by atoms with Gasteiger partial charge in [-0.05, 0) is 6.07 Å². The molecule has 0 unspecified atom stereocenters. The Hall–Kier alpha value is -1.91. The fraction of sp³-hybridized carbons (Fsp3) is 0.300. The van der Waals surface area contributed by atoms with Crippen LogP contribution in [-0.2, 0) is 0 Å². The van der Waals surface area contributed by atoms with Gasteiger partial charge in [-0.1, -0.05) is 5.16 Å². The van der Waals surface area contributed by atoms with Crippen LogP contribution in [0.5, 0.6) is 17.2 Å². The molecular formula is C10H13NO4. The maximum Gasteiger partial charge on any atom is 0.164 e. The lowest BCUT2D eigenvalue weighted by Gasteiger charge is -2.11. The van der Waals surface area contributed by atoms with E-state index >= 15 is 0 Å². The molecule has 1 aromatic carbocycles. The second-order valence-electron chi connectivity index (χ2n) is 2.69. The van der Waals surface area contributed by atoms with Crippen molar-refractivity contribution in [3.8, 4) is 17.2 Å². The van der Waals surface area contributed by atoms with Gasteiger partial charge in [0, 0.05) is 11.6 Å². The molecule has 0 spiro atoms. The third kappa shape index (κ3) is 2.31. The van der Waals surface area contributed by atoms with Gasteiger partial charge in [0.25, 0.3) is 0 Å². The van der Waals surface area contributed by atoms with E-state index in [2.05, 4.69) is 5.16 Å². The first-order chi connectivity index (χ1) is 7.26. The average molecular weight is 211 g/mol. The Bertz CT molecular complexity index is 363. The molecule has 0 saturated carbocycles. The van der Waals surface area contributed by atoms with Crippen molar-refractivity contribution < 1.29 is 19.4 Å². The summed E-state index contributed by atoms with van der Waals surface area (Å²) in [5, 5.41) is 11.4. The predicted molar refractivity (Wildman–Crippen MR) is 55.5 cm³/mol. The minimum atomic E-state index is 0.547. The third-order valence-corrected chi connectivity index (χ3v) is 1.93. The number of oxime groups is 1. The van der Waals surface area contributed by atoms with Gasteiger partial charge in [-0.15, -0.1) is 0 Å². The molecule has 0 aliphatic carbocycles. The topological polar surface area (TPSA) is 60.3 Å². The zero-order chi connectivity index (χ0) is 11.3. The Morgan fingerprint density at radius 1 is 1.00 bits per heavy atom. The number of methoxy groups -OCH3 is 3. The maximum atomic E-state index is 8.47. The summed E-state index contributed by atoms with van der Waals surface area (Å²) in [6, 6.07) is 3.33. The van der Waals surface area contributed by atoms with E-state index < -0.39 is 0 Å². The zero-order valence-corrected chi connectivity index (χ0v) is 8.85. The van der Waals surface area contributed by atoms with Crippen molar-refractivity contribution in [2.45, 2.75) is 0 Å². The summed E-state index contributed by atoms with van der Waals surface area (Å²) in [5.41, 5.74) is 0.609. The summed E-state index contributed by atoms with van der Waals surface area (Å²) in [6.45, 7) is 0. The zero-order valence-electron chi connectivity index (χ0n) is 8.85. The van der Waals surface area contributed by atoms with Gasteiger partial charge in [0.2, 0.25) is 0 Å². The van der Waals surface area contributed by atoms with Crippen LogP contribution in [0.1, 0.15) is 5.56 Å². The monoisotopic (exact) mass is 211 g/mol. The van der Waals surface area contributed by atoms with Gasteiger partial charge < -0.3 is 19.4 Å². The highest BCUT2D eigenvalue weighted by molar-refractivity contribution is 5.84. The van der Waals surface area contributed by atoms with Crippen LogP contribution in [0.25, 0.3) is 0 Å². The Labute approximate surface area is 87.9 Å². The van der Waals surface area contributed by atoms with Crippen molar-refractivity contribution in [1.82, 2.24) is 0 Å². The molecule has 15 heavy (non-hydrogen) atoms. The molecule has 0 bridgehead atoms. The lowest BCUT2D eigenvalue weighted by atomic mass is 10.2. The molecule has 5 nitrogen and oxygen atoms in total. The summed E-state index contributed by atoms with van der Waals surface area (Å²) in [7, 11) is 4.59. The molecule has 82 valence electrons. The lowest BCUT2D eigenvalue weighted by Crippen LogP contribution is -1.96. The summed E-state index contributed by atoms with van der Waals surface area (Å²) in [6.07, 6.45) is 1.26. The van der Waals surface area contributed by atoms with E-state index in [0.717, 1.165) is 0 Å². The second kappa shape index (κ2) is 5.09. The van der Waals surface area contributed by atoms with Gasteiger partial charge in [0.15, 0.2) is 11.5 Å². The first-order valence-corrected chi connectivity index (χ1v) is 4.24. The smallest absolute Gasteiger partial charge is 0.164 e. The third-order valence-electron chi connectivity index (χ3n) is 1.93. The SMILES string of the molecule is COc1cc(OC)c(OC)cc1C=NO. The minimum Gasteiger partial charge on any atom is -0.496 e. The van der Waals surface area contributed by atoms with Crippen LogP contribution in [0, 0.1) is 0 Å². The fourth-order valence-electron chi connectivity index (χ4n) is 1.22. The molecule has 5 heteroatoms. The van der Waals surface area contributed by atoms with Crippen LogP contribution < -0.4 is 14.2 Å². The molecule has 0 radical (unpaired) electrons. The van der Waals surface area contributed by atoms with Crippen molar-refractivity contribution >= 4 is 6.21 Å². The molecule has 0 aromatic heterocycles. The van der Waals surface area contributed by atoms with Crippen molar-refractivity contribution in [1.29, 1.82) is 0 Å². The molecule has 0 atom stereocenters. The Kier molecular flexibility index (Phi) is 3.79. The molecule has 0 heterocycles. The molecule has 0 fully saturated rings. The molecule has 1 N–H and O–H groups in total. The number of ether oxygens (including phenoxy) is 3. The number of benzene rings is 1. The van der Waals surface area contributed by atoms with E-state index in [1.165, 1.54) is 27.5 Å². The van der Waals surface area contributed by atoms with Crippen LogP contribution in [0.4, 0.5) is 0 Å². The Morgan fingerprint density at radius 2 is 1.53 bits per heavy atom. The van der Waals surface area contributed by atoms with Gasteiger partial charge in [0.05, 0.1) is 27.5 Å². The molecular weight excluding hydrogens is 198 g/mol. The highest BCUT2D eigenvalue weighted by Crippen LogP contribution is 2.33. The molecule has 0 saturated heterocycles. The summed E-state index contributed by atoms with van der Waals surface area (Å²) >= 11 is 0. The molecule has 0 aliphatic heterocycles. The quantitative estimate of drug-likeness (QED) is 0.466. The summed E-state index contributed by atoms with van der Waals surface area (Å²) in [4.78, 5) is 0. The largest absolute Gasteiger partial charge is 0.496 e. The van der Waals surface area contributed by atoms with Crippen molar-refractivity contribution in [3.05, 3.63) is 17.7 Å². The van der Waals surface area contributed by atoms with Crippen LogP contribution in [0.15, 0.2) is 17.3 Å². The summed E-state index contributed by atoms with van der Waals surface area (Å²) < 4.78 is 15.3. The normalized spacial score (nSPS) is 10.3. The van der Waals surface area contributed by atoms with Crippen molar-refractivity contribution in [2.24, 2.45) is 5.16 Å². The van der Waals surface area contributed by atoms with Crippen LogP contribution >= 0.6 is 0 Å². The summed E-state index contributed by atoms with van der Waals surface area (Å²) in [5.74, 6) is 1.66. The van der Waals surface area contributed by atoms with E-state index in [4.69, 9.17) is 19.4 Å². The number of hydrogen-bond acceptors (Lipinski definition) is 5. The highest BCUT2D eigenvalue weighted by Gasteiger charge is 2.10. The minimum absolute atomic E-state index is 0.547. The first kappa shape index (κ1) is 11.2. The standard InChI is InChI=1S/C10H13NO4/c1-13-8-5-10(15-3)9(14-2)4-7(8)6-11-12/h4-6,12H,1-3H3. The van der Waals surface area contributed by atoms with Gasteiger partial charge in [-0.25, -0.2) is 0 Å². The molecule has 1 aromatic rings. The second-order valence-corrected chi connectivity index (χ2v) is 2.69. The number of hydrogen-bond donors (Lipinski definition) is 1. The molecule has 0 amide bonds. The van der Waals surface area contributed by atoms with E-state index in [-0.39, 0.29) is 0 Å². The van der Waals surface area contributed by atoms with E-state index in [9.17, 15) is 0 Å². The van der Waals surface area contributed by atoms with E-state index in [0.29, 0.717) is 22.8 Å². The predicted octanol–water partition coefficient (Wildman–Crippen LogP) is 1.52. The Morgan fingerprint density at radius 3 is 2.00 bits per heavy atom. The molecule has 1 rings (SSSR count). The highest BCUT2D eigenvalue weighted by atomic mass is 16.5. The van der Waals surface area contributed by atoms with Gasteiger partial charge in [-0.2, -0.15) is 0 Å². The molecule has 0 aliphatic rings. The van der Waals surface area contributed by atoms with Crippen LogP contribution in [-0.4, -0.2) is 32.8 Å². The van der Waals surface area contributed by atoms with Crippen molar-refractivity contribution in [3.63, 3.8) is 0 Å². The fourth-order valence-corrected chi connectivity index (χ4v) is 1.22. The maximum absolute atomic E-state index is 8.47. The number of nitrogens with zero attached hydrogens (tertiary/aromatic N) is 1. The van der Waals surface area contributed by atoms with Crippen LogP contribution in [0.2, 0.25) is 0 Å². The lowest BCUT2D eigenvalue weighted by molar-refractivity contribution is 0.321. The number of rotatable bonds is 4. The van der Waals surface area contributed by atoms with Gasteiger partial charge in [0.1, 0.15) is 5.75 Å². The van der Waals surface area contributed by atoms with E-state index in [1.807, 2.05) is 0 Å². The van der Waals surface area contributed by atoms with Gasteiger partial charge >= 0.3 is 0 Å². The van der Waals surface area contributed by atoms with Gasteiger partial charge in [-0.3, -0.25) is 0 Å². The van der Waals surface area contributed by atoms with Crippen LogP contribution in [0.3, 0.4) is 0 Å². The average Bonchev–Trinajstić information content (AvgIpc) is 2.28.